The lowest BCUT2D eigenvalue weighted by Crippen LogP contribution is -2.27. The van der Waals surface area contributed by atoms with E-state index in [1.165, 1.54) is 12.1 Å². The first-order valence-corrected chi connectivity index (χ1v) is 10.5. The summed E-state index contributed by atoms with van der Waals surface area (Å²) in [5.74, 6) is 1.14. The number of hydrogen-bond donors (Lipinski definition) is 0. The Balaban J connectivity index is 1.89. The van der Waals surface area contributed by atoms with E-state index in [1.807, 2.05) is 0 Å². The Morgan fingerprint density at radius 3 is 2.50 bits per heavy atom. The maximum atomic E-state index is 14.5. The molecule has 6 nitrogen and oxygen atoms in total. The first-order chi connectivity index (χ1) is 15.4. The minimum atomic E-state index is -0.625. The van der Waals surface area contributed by atoms with Gasteiger partial charge in [-0.3, -0.25) is 9.36 Å². The molecule has 3 aromatic rings. The molecule has 1 fully saturated rings. The van der Waals surface area contributed by atoms with Crippen molar-refractivity contribution in [2.75, 3.05) is 27.2 Å². The zero-order chi connectivity index (χ0) is 22.8. The number of aromatic nitrogens is 2. The summed E-state index contributed by atoms with van der Waals surface area (Å²) >= 11 is 0. The Bertz CT molecular complexity index is 1240. The number of halogens is 1. The molecule has 1 atom stereocenters. The van der Waals surface area contributed by atoms with Crippen LogP contribution in [0.2, 0.25) is 0 Å². The number of likely N-dealkylation sites (tertiary alicyclic amines) is 1. The van der Waals surface area contributed by atoms with E-state index >= 15 is 0 Å². The Hall–Kier alpha value is -3.50. The maximum absolute atomic E-state index is 14.5. The van der Waals surface area contributed by atoms with E-state index in [4.69, 9.17) is 16.3 Å². The van der Waals surface area contributed by atoms with Gasteiger partial charge in [-0.2, -0.15) is 0 Å². The molecule has 4 rings (SSSR count). The molecule has 0 aliphatic carbocycles. The highest BCUT2D eigenvalue weighted by Gasteiger charge is 2.24. The van der Waals surface area contributed by atoms with Crippen LogP contribution in [0, 0.1) is 18.3 Å². The van der Waals surface area contributed by atoms with Crippen LogP contribution in [-0.2, 0) is 13.5 Å². The third-order valence-corrected chi connectivity index (χ3v) is 6.06. The fourth-order valence-electron chi connectivity index (χ4n) is 4.25. The van der Waals surface area contributed by atoms with Crippen LogP contribution in [0.5, 0.6) is 5.75 Å². The van der Waals surface area contributed by atoms with Crippen molar-refractivity contribution in [3.8, 4) is 28.1 Å². The Labute approximate surface area is 186 Å². The molecule has 164 valence electrons. The largest absolute Gasteiger partial charge is 0.497 e. The molecular formula is C25H25FN4O2. The van der Waals surface area contributed by atoms with Crippen LogP contribution in [0.1, 0.15) is 12.2 Å². The fraction of sp³-hybridized carbons (Fsp3) is 0.320. The summed E-state index contributed by atoms with van der Waals surface area (Å²) in [6, 6.07) is 11.5. The summed E-state index contributed by atoms with van der Waals surface area (Å²) in [5, 5.41) is 0. The van der Waals surface area contributed by atoms with E-state index in [-0.39, 0.29) is 11.2 Å². The Morgan fingerprint density at radius 2 is 1.91 bits per heavy atom. The third-order valence-electron chi connectivity index (χ3n) is 6.06. The fourth-order valence-corrected chi connectivity index (χ4v) is 4.25. The van der Waals surface area contributed by atoms with Crippen molar-refractivity contribution >= 4 is 5.69 Å². The lowest BCUT2D eigenvalue weighted by Gasteiger charge is -2.17. The topological polar surface area (TPSA) is 51.7 Å². The standard InChI is InChI=1S/C25H25FN4O2/c1-27-21-10-7-18(14-20(21)26)24-23(17-5-8-19(32-4)9-6-17)25(31)30(3)22(28-24)13-16-11-12-29(2)15-16/h5-10,14,16H,11-13,15H2,2-4H3. The second kappa shape index (κ2) is 8.93. The van der Waals surface area contributed by atoms with E-state index < -0.39 is 5.82 Å². The Kier molecular flexibility index (Phi) is 6.06. The Morgan fingerprint density at radius 1 is 1.19 bits per heavy atom. The van der Waals surface area contributed by atoms with Crippen LogP contribution in [-0.4, -0.2) is 41.7 Å². The molecule has 0 radical (unpaired) electrons. The summed E-state index contributed by atoms with van der Waals surface area (Å²) in [4.78, 5) is 23.9. The number of methoxy groups -OCH3 is 1. The van der Waals surface area contributed by atoms with Gasteiger partial charge >= 0.3 is 0 Å². The van der Waals surface area contributed by atoms with Crippen LogP contribution in [0.3, 0.4) is 0 Å². The highest BCUT2D eigenvalue weighted by molar-refractivity contribution is 5.81. The van der Waals surface area contributed by atoms with Gasteiger partial charge in [0.25, 0.3) is 5.56 Å². The van der Waals surface area contributed by atoms with E-state index in [2.05, 4.69) is 16.8 Å². The van der Waals surface area contributed by atoms with Crippen molar-refractivity contribution in [3.63, 3.8) is 0 Å². The molecule has 0 N–H and O–H groups in total. The highest BCUT2D eigenvalue weighted by Crippen LogP contribution is 2.32. The van der Waals surface area contributed by atoms with Gasteiger partial charge in [0.05, 0.1) is 24.9 Å². The predicted octanol–water partition coefficient (Wildman–Crippen LogP) is 4.31. The van der Waals surface area contributed by atoms with Gasteiger partial charge in [-0.1, -0.05) is 24.3 Å². The van der Waals surface area contributed by atoms with Crippen LogP contribution in [0.15, 0.2) is 47.3 Å². The van der Waals surface area contributed by atoms with Crippen molar-refractivity contribution in [2.45, 2.75) is 12.8 Å². The molecule has 1 aromatic heterocycles. The van der Waals surface area contributed by atoms with Gasteiger partial charge in [0.15, 0.2) is 0 Å². The monoisotopic (exact) mass is 432 g/mol. The molecule has 1 saturated heterocycles. The van der Waals surface area contributed by atoms with Gasteiger partial charge in [-0.25, -0.2) is 14.2 Å². The average molecular weight is 432 g/mol. The second-order valence-electron chi connectivity index (χ2n) is 8.24. The highest BCUT2D eigenvalue weighted by atomic mass is 19.1. The zero-order valence-corrected chi connectivity index (χ0v) is 18.4. The summed E-state index contributed by atoms with van der Waals surface area (Å²) in [5.41, 5.74) is 1.74. The molecule has 2 aromatic carbocycles. The lowest BCUT2D eigenvalue weighted by atomic mass is 9.98. The van der Waals surface area contributed by atoms with Crippen molar-refractivity contribution in [3.05, 3.63) is 75.9 Å². The molecule has 0 bridgehead atoms. The molecule has 7 heteroatoms. The lowest BCUT2D eigenvalue weighted by molar-refractivity contribution is 0.391. The molecule has 0 spiro atoms. The molecule has 1 unspecified atom stereocenters. The molecule has 0 saturated carbocycles. The van der Waals surface area contributed by atoms with Crippen molar-refractivity contribution in [1.29, 1.82) is 0 Å². The van der Waals surface area contributed by atoms with E-state index in [0.29, 0.717) is 46.3 Å². The third kappa shape index (κ3) is 4.14. The zero-order valence-electron chi connectivity index (χ0n) is 18.4. The molecular weight excluding hydrogens is 407 g/mol. The minimum absolute atomic E-state index is 0.0576. The number of benzene rings is 2. The van der Waals surface area contributed by atoms with E-state index in [0.717, 1.165) is 19.5 Å². The quantitative estimate of drug-likeness (QED) is 0.564. The predicted molar refractivity (Wildman–Crippen MR) is 122 cm³/mol. The summed E-state index contributed by atoms with van der Waals surface area (Å²) in [6.45, 7) is 9.10. The van der Waals surface area contributed by atoms with Gasteiger partial charge < -0.3 is 9.64 Å². The second-order valence-corrected chi connectivity index (χ2v) is 8.24. The van der Waals surface area contributed by atoms with Crippen molar-refractivity contribution < 1.29 is 9.13 Å². The maximum Gasteiger partial charge on any atom is 0.261 e. The first kappa shape index (κ1) is 21.7. The number of ether oxygens (including phenoxy) is 1. The van der Waals surface area contributed by atoms with Crippen LogP contribution < -0.4 is 10.3 Å². The minimum Gasteiger partial charge on any atom is -0.497 e. The normalized spacial score (nSPS) is 16.2. The van der Waals surface area contributed by atoms with Gasteiger partial charge in [-0.05, 0) is 49.7 Å². The number of hydrogen-bond acceptors (Lipinski definition) is 4. The van der Waals surface area contributed by atoms with E-state index in [9.17, 15) is 9.18 Å². The van der Waals surface area contributed by atoms with Crippen LogP contribution in [0.4, 0.5) is 10.1 Å². The summed E-state index contributed by atoms with van der Waals surface area (Å²) < 4.78 is 21.3. The van der Waals surface area contributed by atoms with Gasteiger partial charge in [0.1, 0.15) is 17.4 Å². The van der Waals surface area contributed by atoms with Gasteiger partial charge in [-0.15, -0.1) is 0 Å². The first-order valence-electron chi connectivity index (χ1n) is 10.5. The average Bonchev–Trinajstić information content (AvgIpc) is 3.21. The smallest absolute Gasteiger partial charge is 0.261 e. The summed E-state index contributed by atoms with van der Waals surface area (Å²) in [7, 11) is 5.41. The number of nitrogens with zero attached hydrogens (tertiary/aromatic N) is 4. The molecule has 1 aliphatic rings. The molecule has 0 amide bonds. The van der Waals surface area contributed by atoms with Crippen LogP contribution >= 0.6 is 0 Å². The van der Waals surface area contributed by atoms with Crippen molar-refractivity contribution in [1.82, 2.24) is 14.5 Å². The molecule has 2 heterocycles. The molecule has 1 aliphatic heterocycles. The van der Waals surface area contributed by atoms with E-state index in [1.54, 1.807) is 49.1 Å². The molecule has 32 heavy (non-hydrogen) atoms. The summed E-state index contributed by atoms with van der Waals surface area (Å²) in [6.07, 6.45) is 1.73. The van der Waals surface area contributed by atoms with Gasteiger partial charge in [0, 0.05) is 25.6 Å². The van der Waals surface area contributed by atoms with Crippen LogP contribution in [0.25, 0.3) is 27.2 Å². The number of rotatable bonds is 5. The SMILES string of the molecule is [C-]#[N+]c1ccc(-c2nc(CC3CCN(C)C3)n(C)c(=O)c2-c2ccc(OC)cc2)cc1F. The van der Waals surface area contributed by atoms with Gasteiger partial charge in [0.2, 0.25) is 5.69 Å². The van der Waals surface area contributed by atoms with Crippen molar-refractivity contribution in [2.24, 2.45) is 13.0 Å².